The van der Waals surface area contributed by atoms with Gasteiger partial charge in [0.15, 0.2) is 0 Å². The zero-order valence-corrected chi connectivity index (χ0v) is 10.0. The van der Waals surface area contributed by atoms with Crippen molar-refractivity contribution < 1.29 is 4.74 Å². The summed E-state index contributed by atoms with van der Waals surface area (Å²) in [5, 5.41) is 0. The van der Waals surface area contributed by atoms with Crippen LogP contribution in [0, 0.1) is 0 Å². The minimum absolute atomic E-state index is 0.320. The molecule has 1 unspecified atom stereocenters. The molecule has 0 spiro atoms. The van der Waals surface area contributed by atoms with Crippen LogP contribution in [0.4, 0.5) is 0 Å². The first-order valence-corrected chi connectivity index (χ1v) is 6.26. The SMILES string of the molecule is CC(N)CCCc1ccc2c(c1)CCCO2. The summed E-state index contributed by atoms with van der Waals surface area (Å²) in [7, 11) is 0. The van der Waals surface area contributed by atoms with Crippen molar-refractivity contribution >= 4 is 0 Å². The molecule has 1 aromatic rings. The van der Waals surface area contributed by atoms with E-state index in [0.717, 1.165) is 38.0 Å². The summed E-state index contributed by atoms with van der Waals surface area (Å²) in [6, 6.07) is 6.93. The predicted octanol–water partition coefficient (Wildman–Crippen LogP) is 2.68. The Bertz CT molecular complexity index is 347. The summed E-state index contributed by atoms with van der Waals surface area (Å²) in [4.78, 5) is 0. The van der Waals surface area contributed by atoms with Gasteiger partial charge in [-0.05, 0) is 56.2 Å². The second-order valence-corrected chi connectivity index (χ2v) is 4.76. The molecule has 0 amide bonds. The summed E-state index contributed by atoms with van der Waals surface area (Å²) >= 11 is 0. The molecule has 0 bridgehead atoms. The van der Waals surface area contributed by atoms with Crippen molar-refractivity contribution in [3.8, 4) is 5.75 Å². The van der Waals surface area contributed by atoms with Crippen LogP contribution in [0.1, 0.15) is 37.3 Å². The Morgan fingerprint density at radius 2 is 2.31 bits per heavy atom. The van der Waals surface area contributed by atoms with E-state index in [2.05, 4.69) is 25.1 Å². The smallest absolute Gasteiger partial charge is 0.122 e. The monoisotopic (exact) mass is 219 g/mol. The first kappa shape index (κ1) is 11.5. The highest BCUT2D eigenvalue weighted by molar-refractivity contribution is 5.38. The third-order valence-electron chi connectivity index (χ3n) is 3.10. The lowest BCUT2D eigenvalue weighted by atomic mass is 10.00. The second-order valence-electron chi connectivity index (χ2n) is 4.76. The Balaban J connectivity index is 1.95. The topological polar surface area (TPSA) is 35.2 Å². The fourth-order valence-electron chi connectivity index (χ4n) is 2.20. The maximum Gasteiger partial charge on any atom is 0.122 e. The third kappa shape index (κ3) is 2.99. The van der Waals surface area contributed by atoms with E-state index in [1.54, 1.807) is 0 Å². The molecule has 0 saturated heterocycles. The average Bonchev–Trinajstić information content (AvgIpc) is 2.28. The minimum Gasteiger partial charge on any atom is -0.493 e. The molecule has 0 aromatic heterocycles. The van der Waals surface area contributed by atoms with Gasteiger partial charge in [-0.1, -0.05) is 12.1 Å². The molecule has 2 nitrogen and oxygen atoms in total. The van der Waals surface area contributed by atoms with Gasteiger partial charge in [-0.25, -0.2) is 0 Å². The van der Waals surface area contributed by atoms with E-state index in [1.807, 2.05) is 0 Å². The summed E-state index contributed by atoms with van der Waals surface area (Å²) in [6.45, 7) is 2.94. The molecule has 88 valence electrons. The number of benzene rings is 1. The number of hydrogen-bond acceptors (Lipinski definition) is 2. The van der Waals surface area contributed by atoms with Crippen LogP contribution in [-0.2, 0) is 12.8 Å². The highest BCUT2D eigenvalue weighted by atomic mass is 16.5. The number of ether oxygens (including phenoxy) is 1. The van der Waals surface area contributed by atoms with Gasteiger partial charge in [0, 0.05) is 6.04 Å². The second kappa shape index (κ2) is 5.35. The van der Waals surface area contributed by atoms with E-state index in [0.29, 0.717) is 6.04 Å². The van der Waals surface area contributed by atoms with E-state index in [1.165, 1.54) is 17.5 Å². The molecule has 1 aromatic carbocycles. The fourth-order valence-corrected chi connectivity index (χ4v) is 2.20. The molecule has 1 aliphatic heterocycles. The number of rotatable bonds is 4. The normalized spacial score (nSPS) is 16.4. The zero-order valence-electron chi connectivity index (χ0n) is 10.0. The van der Waals surface area contributed by atoms with Gasteiger partial charge in [0.25, 0.3) is 0 Å². The highest BCUT2D eigenvalue weighted by Crippen LogP contribution is 2.26. The van der Waals surface area contributed by atoms with E-state index < -0.39 is 0 Å². The molecule has 2 N–H and O–H groups in total. The molecule has 1 aliphatic rings. The van der Waals surface area contributed by atoms with E-state index in [4.69, 9.17) is 10.5 Å². The van der Waals surface area contributed by atoms with Gasteiger partial charge in [-0.15, -0.1) is 0 Å². The molecule has 0 saturated carbocycles. The first-order chi connectivity index (χ1) is 7.75. The van der Waals surface area contributed by atoms with Crippen molar-refractivity contribution in [2.24, 2.45) is 5.73 Å². The Kier molecular flexibility index (Phi) is 3.83. The molecule has 1 heterocycles. The van der Waals surface area contributed by atoms with E-state index in [-0.39, 0.29) is 0 Å². The molecule has 2 rings (SSSR count). The van der Waals surface area contributed by atoms with Crippen molar-refractivity contribution in [1.82, 2.24) is 0 Å². The van der Waals surface area contributed by atoms with E-state index >= 15 is 0 Å². The van der Waals surface area contributed by atoms with Gasteiger partial charge in [-0.2, -0.15) is 0 Å². The molecule has 1 atom stereocenters. The predicted molar refractivity (Wildman–Crippen MR) is 66.8 cm³/mol. The third-order valence-corrected chi connectivity index (χ3v) is 3.10. The number of hydrogen-bond donors (Lipinski definition) is 1. The van der Waals surface area contributed by atoms with Crippen LogP contribution in [0.15, 0.2) is 18.2 Å². The van der Waals surface area contributed by atoms with Crippen LogP contribution in [0.5, 0.6) is 5.75 Å². The minimum atomic E-state index is 0.320. The fraction of sp³-hybridized carbons (Fsp3) is 0.571. The van der Waals surface area contributed by atoms with Gasteiger partial charge in [0.1, 0.15) is 5.75 Å². The molecule has 0 fully saturated rings. The van der Waals surface area contributed by atoms with Gasteiger partial charge in [-0.3, -0.25) is 0 Å². The summed E-state index contributed by atoms with van der Waals surface area (Å²) in [5.41, 5.74) is 8.55. The van der Waals surface area contributed by atoms with Crippen molar-refractivity contribution in [1.29, 1.82) is 0 Å². The molecular weight excluding hydrogens is 198 g/mol. The molecule has 0 aliphatic carbocycles. The lowest BCUT2D eigenvalue weighted by molar-refractivity contribution is 0.288. The van der Waals surface area contributed by atoms with Crippen LogP contribution < -0.4 is 10.5 Å². The molecule has 16 heavy (non-hydrogen) atoms. The lowest BCUT2D eigenvalue weighted by Gasteiger charge is -2.18. The van der Waals surface area contributed by atoms with Crippen molar-refractivity contribution in [3.05, 3.63) is 29.3 Å². The van der Waals surface area contributed by atoms with Crippen LogP contribution in [-0.4, -0.2) is 12.6 Å². The zero-order chi connectivity index (χ0) is 11.4. The van der Waals surface area contributed by atoms with Gasteiger partial charge in [0.05, 0.1) is 6.61 Å². The Morgan fingerprint density at radius 3 is 3.12 bits per heavy atom. The number of fused-ring (bicyclic) bond motifs is 1. The average molecular weight is 219 g/mol. The lowest BCUT2D eigenvalue weighted by Crippen LogP contribution is -2.14. The van der Waals surface area contributed by atoms with Gasteiger partial charge < -0.3 is 10.5 Å². The molecule has 0 radical (unpaired) electrons. The summed E-state index contributed by atoms with van der Waals surface area (Å²) in [5.74, 6) is 1.09. The maximum atomic E-state index is 5.75. The number of aryl methyl sites for hydroxylation is 2. The standard InChI is InChI=1S/C14H21NO/c1-11(15)4-2-5-12-7-8-14-13(10-12)6-3-9-16-14/h7-8,10-11H,2-6,9,15H2,1H3. The number of nitrogens with two attached hydrogens (primary N) is 1. The Hall–Kier alpha value is -1.02. The van der Waals surface area contributed by atoms with Crippen molar-refractivity contribution in [2.75, 3.05) is 6.61 Å². The summed E-state index contributed by atoms with van der Waals surface area (Å²) < 4.78 is 5.60. The van der Waals surface area contributed by atoms with E-state index in [9.17, 15) is 0 Å². The molecular formula is C14H21NO. The Labute approximate surface area is 97.8 Å². The molecule has 2 heteroatoms. The quantitative estimate of drug-likeness (QED) is 0.845. The van der Waals surface area contributed by atoms with Crippen LogP contribution in [0.3, 0.4) is 0 Å². The van der Waals surface area contributed by atoms with Crippen LogP contribution in [0.2, 0.25) is 0 Å². The van der Waals surface area contributed by atoms with Gasteiger partial charge >= 0.3 is 0 Å². The maximum absolute atomic E-state index is 5.75. The van der Waals surface area contributed by atoms with Crippen molar-refractivity contribution in [3.63, 3.8) is 0 Å². The Morgan fingerprint density at radius 1 is 1.44 bits per heavy atom. The van der Waals surface area contributed by atoms with Crippen LogP contribution in [0.25, 0.3) is 0 Å². The summed E-state index contributed by atoms with van der Waals surface area (Å²) in [6.07, 6.45) is 5.73. The van der Waals surface area contributed by atoms with Crippen LogP contribution >= 0.6 is 0 Å². The van der Waals surface area contributed by atoms with Gasteiger partial charge in [0.2, 0.25) is 0 Å². The highest BCUT2D eigenvalue weighted by Gasteiger charge is 2.10. The van der Waals surface area contributed by atoms with Crippen molar-refractivity contribution in [2.45, 2.75) is 45.1 Å². The first-order valence-electron chi connectivity index (χ1n) is 6.26. The largest absolute Gasteiger partial charge is 0.493 e.